The Morgan fingerprint density at radius 1 is 1.29 bits per heavy atom. The molecule has 0 heterocycles. The van der Waals surface area contributed by atoms with Crippen LogP contribution in [0.5, 0.6) is 11.5 Å². The van der Waals surface area contributed by atoms with Crippen LogP contribution >= 0.6 is 11.8 Å². The molecule has 0 atom stereocenters. The van der Waals surface area contributed by atoms with Crippen molar-refractivity contribution in [2.24, 2.45) is 10.9 Å². The first-order chi connectivity index (χ1) is 10.1. The van der Waals surface area contributed by atoms with Gasteiger partial charge < -0.3 is 15.7 Å². The SMILES string of the molecule is CSc1cccc(Oc2cc(C)ccc2F)c1/C(N)=N/O. The van der Waals surface area contributed by atoms with Crippen LogP contribution in [-0.4, -0.2) is 17.3 Å². The number of ether oxygens (including phenoxy) is 1. The van der Waals surface area contributed by atoms with Gasteiger partial charge in [0.15, 0.2) is 17.4 Å². The largest absolute Gasteiger partial charge is 0.453 e. The van der Waals surface area contributed by atoms with Gasteiger partial charge in [0.2, 0.25) is 0 Å². The third-order valence-electron chi connectivity index (χ3n) is 2.88. The third-order valence-corrected chi connectivity index (χ3v) is 3.66. The van der Waals surface area contributed by atoms with E-state index < -0.39 is 5.82 Å². The van der Waals surface area contributed by atoms with Crippen molar-refractivity contribution in [2.45, 2.75) is 11.8 Å². The van der Waals surface area contributed by atoms with Crippen molar-refractivity contribution in [2.75, 3.05) is 6.26 Å². The van der Waals surface area contributed by atoms with Crippen LogP contribution in [-0.2, 0) is 0 Å². The molecule has 0 saturated carbocycles. The predicted octanol–water partition coefficient (Wildman–Crippen LogP) is 3.74. The molecule has 2 aromatic carbocycles. The van der Waals surface area contributed by atoms with Gasteiger partial charge in [-0.2, -0.15) is 0 Å². The van der Waals surface area contributed by atoms with Crippen LogP contribution in [0.2, 0.25) is 0 Å². The van der Waals surface area contributed by atoms with Crippen molar-refractivity contribution in [3.05, 3.63) is 53.3 Å². The quantitative estimate of drug-likeness (QED) is 0.297. The summed E-state index contributed by atoms with van der Waals surface area (Å²) in [7, 11) is 0. The molecule has 4 nitrogen and oxygen atoms in total. The van der Waals surface area contributed by atoms with Gasteiger partial charge in [-0.1, -0.05) is 17.3 Å². The average Bonchev–Trinajstić information content (AvgIpc) is 2.49. The Morgan fingerprint density at radius 3 is 2.71 bits per heavy atom. The number of hydrogen-bond acceptors (Lipinski definition) is 4. The van der Waals surface area contributed by atoms with Crippen LogP contribution < -0.4 is 10.5 Å². The lowest BCUT2D eigenvalue weighted by Crippen LogP contribution is -2.15. The molecule has 0 aliphatic carbocycles. The first kappa shape index (κ1) is 15.2. The van der Waals surface area contributed by atoms with Crippen molar-refractivity contribution in [3.8, 4) is 11.5 Å². The fourth-order valence-electron chi connectivity index (χ4n) is 1.88. The predicted molar refractivity (Wildman–Crippen MR) is 81.9 cm³/mol. The van der Waals surface area contributed by atoms with Gasteiger partial charge in [0.1, 0.15) is 5.75 Å². The van der Waals surface area contributed by atoms with Crippen molar-refractivity contribution in [1.29, 1.82) is 0 Å². The molecule has 0 amide bonds. The minimum atomic E-state index is -0.472. The highest BCUT2D eigenvalue weighted by molar-refractivity contribution is 7.98. The Labute approximate surface area is 126 Å². The molecule has 0 radical (unpaired) electrons. The summed E-state index contributed by atoms with van der Waals surface area (Å²) in [6.07, 6.45) is 1.86. The number of thioether (sulfide) groups is 1. The number of rotatable bonds is 4. The molecule has 21 heavy (non-hydrogen) atoms. The van der Waals surface area contributed by atoms with Crippen molar-refractivity contribution < 1.29 is 14.3 Å². The van der Waals surface area contributed by atoms with Crippen molar-refractivity contribution >= 4 is 17.6 Å². The van der Waals surface area contributed by atoms with E-state index >= 15 is 0 Å². The molecule has 0 aromatic heterocycles. The molecule has 6 heteroatoms. The van der Waals surface area contributed by atoms with Gasteiger partial charge in [0, 0.05) is 4.90 Å². The van der Waals surface area contributed by atoms with Crippen molar-refractivity contribution in [3.63, 3.8) is 0 Å². The highest BCUT2D eigenvalue weighted by atomic mass is 32.2. The van der Waals surface area contributed by atoms with E-state index in [0.29, 0.717) is 11.3 Å². The van der Waals surface area contributed by atoms with Crippen LogP contribution in [0.15, 0.2) is 46.4 Å². The summed E-state index contributed by atoms with van der Waals surface area (Å²) in [5.41, 5.74) is 7.02. The van der Waals surface area contributed by atoms with E-state index in [1.807, 2.05) is 19.2 Å². The molecular weight excluding hydrogens is 291 g/mol. The maximum atomic E-state index is 13.8. The summed E-state index contributed by atoms with van der Waals surface area (Å²) < 4.78 is 19.4. The maximum absolute atomic E-state index is 13.8. The Morgan fingerprint density at radius 2 is 2.05 bits per heavy atom. The standard InChI is InChI=1S/C15H15FN2O2S/c1-9-6-7-10(16)12(8-9)20-11-4-3-5-13(21-2)14(11)15(17)18-19/h3-8,19H,1-2H3,(H2,17,18). The highest BCUT2D eigenvalue weighted by Crippen LogP contribution is 2.33. The Hall–Kier alpha value is -2.21. The summed E-state index contributed by atoms with van der Waals surface area (Å²) >= 11 is 1.43. The van der Waals surface area contributed by atoms with E-state index in [1.54, 1.807) is 24.3 Å². The van der Waals surface area contributed by atoms with Gasteiger partial charge in [-0.25, -0.2) is 4.39 Å². The maximum Gasteiger partial charge on any atom is 0.175 e. The second kappa shape index (κ2) is 6.49. The topological polar surface area (TPSA) is 67.8 Å². The van der Waals surface area contributed by atoms with Crippen LogP contribution in [0.4, 0.5) is 4.39 Å². The molecule has 2 aromatic rings. The van der Waals surface area contributed by atoms with Gasteiger partial charge in [0.25, 0.3) is 0 Å². The molecule has 0 aliphatic heterocycles. The number of aryl methyl sites for hydroxylation is 1. The number of nitrogens with zero attached hydrogens (tertiary/aromatic N) is 1. The summed E-state index contributed by atoms with van der Waals surface area (Å²) in [6.45, 7) is 1.84. The third kappa shape index (κ3) is 3.28. The Bertz CT molecular complexity index is 689. The lowest BCUT2D eigenvalue weighted by molar-refractivity contribution is 0.318. The van der Waals surface area contributed by atoms with E-state index in [9.17, 15) is 4.39 Å². The minimum absolute atomic E-state index is 0.0805. The number of nitrogens with two attached hydrogens (primary N) is 1. The molecule has 3 N–H and O–H groups in total. The second-order valence-electron chi connectivity index (χ2n) is 4.35. The molecule has 0 bridgehead atoms. The van der Waals surface area contributed by atoms with E-state index in [2.05, 4.69) is 5.16 Å². The summed E-state index contributed by atoms with van der Waals surface area (Å²) in [6, 6.07) is 9.82. The monoisotopic (exact) mass is 306 g/mol. The normalized spacial score (nSPS) is 11.5. The zero-order valence-corrected chi connectivity index (χ0v) is 12.4. The first-order valence-corrected chi connectivity index (χ1v) is 7.38. The summed E-state index contributed by atoms with van der Waals surface area (Å²) in [5, 5.41) is 11.9. The summed E-state index contributed by atoms with van der Waals surface area (Å²) in [4.78, 5) is 0.774. The molecule has 0 saturated heterocycles. The first-order valence-electron chi connectivity index (χ1n) is 6.15. The number of hydrogen-bond donors (Lipinski definition) is 2. The van der Waals surface area contributed by atoms with Gasteiger partial charge >= 0.3 is 0 Å². The van der Waals surface area contributed by atoms with Crippen molar-refractivity contribution in [1.82, 2.24) is 0 Å². The molecule has 110 valence electrons. The highest BCUT2D eigenvalue weighted by Gasteiger charge is 2.15. The van der Waals surface area contributed by atoms with E-state index in [4.69, 9.17) is 15.7 Å². The fourth-order valence-corrected chi connectivity index (χ4v) is 2.50. The number of halogens is 1. The molecule has 0 unspecified atom stereocenters. The molecule has 0 fully saturated rings. The molecule has 0 aliphatic rings. The molecule has 2 rings (SSSR count). The van der Waals surface area contributed by atoms with Gasteiger partial charge in [-0.15, -0.1) is 11.8 Å². The number of oxime groups is 1. The lowest BCUT2D eigenvalue weighted by Gasteiger charge is -2.14. The average molecular weight is 306 g/mol. The molecule has 0 spiro atoms. The van der Waals surface area contributed by atoms with Gasteiger partial charge in [-0.05, 0) is 43.0 Å². The van der Waals surface area contributed by atoms with Crippen LogP contribution in [0.1, 0.15) is 11.1 Å². The van der Waals surface area contributed by atoms with Crippen LogP contribution in [0, 0.1) is 12.7 Å². The minimum Gasteiger partial charge on any atom is -0.453 e. The lowest BCUT2D eigenvalue weighted by atomic mass is 10.1. The Kier molecular flexibility index (Phi) is 4.70. The molecular formula is C15H15FN2O2S. The summed E-state index contributed by atoms with van der Waals surface area (Å²) in [5.74, 6) is -0.120. The smallest absolute Gasteiger partial charge is 0.175 e. The van der Waals surface area contributed by atoms with E-state index in [1.165, 1.54) is 17.8 Å². The van der Waals surface area contributed by atoms with Crippen LogP contribution in [0.3, 0.4) is 0 Å². The van der Waals surface area contributed by atoms with E-state index in [-0.39, 0.29) is 11.6 Å². The second-order valence-corrected chi connectivity index (χ2v) is 5.20. The van der Waals surface area contributed by atoms with Crippen LogP contribution in [0.25, 0.3) is 0 Å². The zero-order valence-electron chi connectivity index (χ0n) is 11.6. The Balaban J connectivity index is 2.51. The zero-order chi connectivity index (χ0) is 15.4. The fraction of sp³-hybridized carbons (Fsp3) is 0.133. The van der Waals surface area contributed by atoms with Gasteiger partial charge in [-0.3, -0.25) is 0 Å². The van der Waals surface area contributed by atoms with Gasteiger partial charge in [0.05, 0.1) is 5.56 Å². The number of benzene rings is 2. The van der Waals surface area contributed by atoms with E-state index in [0.717, 1.165) is 10.5 Å². The number of amidine groups is 1.